The van der Waals surface area contributed by atoms with Gasteiger partial charge in [0.2, 0.25) is 0 Å². The zero-order valence-corrected chi connectivity index (χ0v) is 8.03. The Kier molecular flexibility index (Phi) is 4.39. The molecule has 1 aliphatic rings. The predicted molar refractivity (Wildman–Crippen MR) is 51.2 cm³/mol. The maximum absolute atomic E-state index is 10.4. The molecular weight excluding hydrogens is 184 g/mol. The first kappa shape index (κ1) is 11.0. The molecule has 0 bridgehead atoms. The zero-order valence-electron chi connectivity index (χ0n) is 8.03. The molecule has 1 atom stereocenters. The summed E-state index contributed by atoms with van der Waals surface area (Å²) in [6, 6.07) is -0.633. The molecule has 0 aromatic carbocycles. The SMILES string of the molecule is O=CC(CNCCC1CC1)NC(=O)O. The second-order valence-electron chi connectivity index (χ2n) is 3.63. The molecule has 0 aromatic rings. The van der Waals surface area contributed by atoms with Gasteiger partial charge in [-0.15, -0.1) is 0 Å². The molecule has 0 heterocycles. The molecule has 0 radical (unpaired) electrons. The smallest absolute Gasteiger partial charge is 0.405 e. The van der Waals surface area contributed by atoms with Crippen LogP contribution in [-0.4, -0.2) is 36.6 Å². The first-order chi connectivity index (χ1) is 6.72. The number of hydrogen-bond acceptors (Lipinski definition) is 3. The average molecular weight is 200 g/mol. The van der Waals surface area contributed by atoms with Gasteiger partial charge in [-0.25, -0.2) is 4.79 Å². The lowest BCUT2D eigenvalue weighted by atomic mass is 10.3. The van der Waals surface area contributed by atoms with Crippen LogP contribution in [0.4, 0.5) is 4.79 Å². The Labute approximate surface area is 82.9 Å². The number of nitrogens with one attached hydrogen (secondary N) is 2. The fourth-order valence-corrected chi connectivity index (χ4v) is 1.26. The molecule has 1 unspecified atom stereocenters. The fourth-order valence-electron chi connectivity index (χ4n) is 1.26. The largest absolute Gasteiger partial charge is 0.465 e. The molecule has 0 saturated heterocycles. The summed E-state index contributed by atoms with van der Waals surface area (Å²) in [7, 11) is 0. The van der Waals surface area contributed by atoms with Gasteiger partial charge in [-0.1, -0.05) is 12.8 Å². The van der Waals surface area contributed by atoms with E-state index in [0.29, 0.717) is 12.8 Å². The van der Waals surface area contributed by atoms with Crippen LogP contribution in [0.5, 0.6) is 0 Å². The summed E-state index contributed by atoms with van der Waals surface area (Å²) in [6.45, 7) is 1.23. The molecule has 14 heavy (non-hydrogen) atoms. The van der Waals surface area contributed by atoms with E-state index in [4.69, 9.17) is 5.11 Å². The summed E-state index contributed by atoms with van der Waals surface area (Å²) >= 11 is 0. The van der Waals surface area contributed by atoms with E-state index in [1.807, 2.05) is 0 Å². The summed E-state index contributed by atoms with van der Waals surface area (Å²) in [5, 5.41) is 13.5. The standard InChI is InChI=1S/C9H16N2O3/c12-6-8(11-9(13)14)5-10-4-3-7-1-2-7/h6-8,10-11H,1-5H2,(H,13,14). The Morgan fingerprint density at radius 1 is 1.57 bits per heavy atom. The highest BCUT2D eigenvalue weighted by Gasteiger charge is 2.20. The molecule has 1 saturated carbocycles. The van der Waals surface area contributed by atoms with Crippen molar-refractivity contribution in [3.63, 3.8) is 0 Å². The third-order valence-electron chi connectivity index (χ3n) is 2.26. The molecule has 5 nitrogen and oxygen atoms in total. The van der Waals surface area contributed by atoms with E-state index in [9.17, 15) is 9.59 Å². The van der Waals surface area contributed by atoms with Crippen LogP contribution in [0.25, 0.3) is 0 Å². The average Bonchev–Trinajstić information content (AvgIpc) is 2.93. The molecule has 1 aliphatic carbocycles. The maximum atomic E-state index is 10.4. The van der Waals surface area contributed by atoms with Crippen molar-refractivity contribution in [2.45, 2.75) is 25.3 Å². The molecule has 80 valence electrons. The number of amides is 1. The quantitative estimate of drug-likeness (QED) is 0.405. The molecule has 0 aliphatic heterocycles. The van der Waals surface area contributed by atoms with E-state index in [1.165, 1.54) is 12.8 Å². The van der Waals surface area contributed by atoms with Crippen molar-refractivity contribution in [3.05, 3.63) is 0 Å². The Bertz CT molecular complexity index is 204. The minimum atomic E-state index is -1.16. The number of carbonyl (C=O) groups is 2. The van der Waals surface area contributed by atoms with Gasteiger partial charge in [-0.2, -0.15) is 0 Å². The van der Waals surface area contributed by atoms with E-state index in [-0.39, 0.29) is 0 Å². The van der Waals surface area contributed by atoms with Crippen molar-refractivity contribution in [2.75, 3.05) is 13.1 Å². The van der Waals surface area contributed by atoms with Crippen molar-refractivity contribution in [2.24, 2.45) is 5.92 Å². The third kappa shape index (κ3) is 4.81. The molecular formula is C9H16N2O3. The van der Waals surface area contributed by atoms with Gasteiger partial charge in [-0.05, 0) is 18.9 Å². The highest BCUT2D eigenvalue weighted by Crippen LogP contribution is 2.31. The summed E-state index contributed by atoms with van der Waals surface area (Å²) in [5.41, 5.74) is 0. The summed E-state index contributed by atoms with van der Waals surface area (Å²) in [5.74, 6) is 0.851. The summed E-state index contributed by atoms with van der Waals surface area (Å²) in [4.78, 5) is 20.6. The van der Waals surface area contributed by atoms with Gasteiger partial charge in [0.25, 0.3) is 0 Å². The van der Waals surface area contributed by atoms with Crippen LogP contribution >= 0.6 is 0 Å². The molecule has 1 amide bonds. The number of aldehydes is 1. The fraction of sp³-hybridized carbons (Fsp3) is 0.778. The summed E-state index contributed by atoms with van der Waals surface area (Å²) < 4.78 is 0. The monoisotopic (exact) mass is 200 g/mol. The van der Waals surface area contributed by atoms with Gasteiger partial charge in [0, 0.05) is 6.54 Å². The Morgan fingerprint density at radius 2 is 2.29 bits per heavy atom. The molecule has 0 spiro atoms. The van der Waals surface area contributed by atoms with Gasteiger partial charge in [0.15, 0.2) is 0 Å². The second-order valence-corrected chi connectivity index (χ2v) is 3.63. The van der Waals surface area contributed by atoms with Crippen molar-refractivity contribution in [3.8, 4) is 0 Å². The van der Waals surface area contributed by atoms with Gasteiger partial charge in [-0.3, -0.25) is 0 Å². The van der Waals surface area contributed by atoms with Gasteiger partial charge in [0.1, 0.15) is 12.3 Å². The van der Waals surface area contributed by atoms with E-state index in [1.54, 1.807) is 0 Å². The lowest BCUT2D eigenvalue weighted by molar-refractivity contribution is -0.109. The first-order valence-electron chi connectivity index (χ1n) is 4.88. The van der Waals surface area contributed by atoms with E-state index >= 15 is 0 Å². The van der Waals surface area contributed by atoms with Crippen LogP contribution in [0.15, 0.2) is 0 Å². The first-order valence-corrected chi connectivity index (χ1v) is 4.88. The third-order valence-corrected chi connectivity index (χ3v) is 2.26. The minimum Gasteiger partial charge on any atom is -0.465 e. The van der Waals surface area contributed by atoms with E-state index < -0.39 is 12.1 Å². The maximum Gasteiger partial charge on any atom is 0.405 e. The van der Waals surface area contributed by atoms with Gasteiger partial charge < -0.3 is 20.5 Å². The molecule has 0 aromatic heterocycles. The van der Waals surface area contributed by atoms with Crippen molar-refractivity contribution in [1.29, 1.82) is 0 Å². The van der Waals surface area contributed by atoms with Crippen molar-refractivity contribution < 1.29 is 14.7 Å². The van der Waals surface area contributed by atoms with E-state index in [0.717, 1.165) is 18.9 Å². The van der Waals surface area contributed by atoms with Crippen LogP contribution in [0.1, 0.15) is 19.3 Å². The molecule has 1 fully saturated rings. The van der Waals surface area contributed by atoms with Gasteiger partial charge >= 0.3 is 6.09 Å². The highest BCUT2D eigenvalue weighted by molar-refractivity contribution is 5.71. The normalized spacial score (nSPS) is 17.4. The highest BCUT2D eigenvalue weighted by atomic mass is 16.4. The molecule has 5 heteroatoms. The lowest BCUT2D eigenvalue weighted by Crippen LogP contribution is -2.42. The van der Waals surface area contributed by atoms with Crippen LogP contribution in [-0.2, 0) is 4.79 Å². The van der Waals surface area contributed by atoms with Crippen LogP contribution in [0.3, 0.4) is 0 Å². The number of hydrogen-bond donors (Lipinski definition) is 3. The van der Waals surface area contributed by atoms with Crippen molar-refractivity contribution in [1.82, 2.24) is 10.6 Å². The zero-order chi connectivity index (χ0) is 10.4. The van der Waals surface area contributed by atoms with Crippen LogP contribution < -0.4 is 10.6 Å². The van der Waals surface area contributed by atoms with E-state index in [2.05, 4.69) is 10.6 Å². The number of carboxylic acid groups (broad SMARTS) is 1. The Morgan fingerprint density at radius 3 is 2.79 bits per heavy atom. The topological polar surface area (TPSA) is 78.4 Å². The van der Waals surface area contributed by atoms with Crippen LogP contribution in [0, 0.1) is 5.92 Å². The van der Waals surface area contributed by atoms with Gasteiger partial charge in [0.05, 0.1) is 0 Å². The lowest BCUT2D eigenvalue weighted by Gasteiger charge is -2.10. The van der Waals surface area contributed by atoms with Crippen LogP contribution in [0.2, 0.25) is 0 Å². The molecule has 3 N–H and O–H groups in total. The van der Waals surface area contributed by atoms with Crippen molar-refractivity contribution >= 4 is 12.4 Å². The number of rotatable bonds is 7. The summed E-state index contributed by atoms with van der Waals surface area (Å²) in [6.07, 6.45) is 3.20. The Balaban J connectivity index is 2.00. The molecule has 1 rings (SSSR count). The Hall–Kier alpha value is -1.10. The minimum absolute atomic E-state index is 0.378. The predicted octanol–water partition coefficient (Wildman–Crippen LogP) is 0.211. The second kappa shape index (κ2) is 5.59. The number of carbonyl (C=O) groups excluding carboxylic acids is 1.